The summed E-state index contributed by atoms with van der Waals surface area (Å²) in [6.07, 6.45) is 0.906. The fraction of sp³-hybridized carbons (Fsp3) is 0.417. The molecule has 1 amide bonds. The van der Waals surface area contributed by atoms with E-state index in [1.807, 2.05) is 30.3 Å². The number of esters is 1. The average Bonchev–Trinajstić information content (AvgIpc) is 2.82. The minimum Gasteiger partial charge on any atom is -0.493 e. The third kappa shape index (κ3) is 4.30. The highest BCUT2D eigenvalue weighted by atomic mass is 16.6. The predicted octanol–water partition coefficient (Wildman–Crippen LogP) is 2.71. The number of nitrogens with zero attached hydrogens (tertiary/aromatic N) is 1. The van der Waals surface area contributed by atoms with Crippen LogP contribution >= 0.6 is 0 Å². The summed E-state index contributed by atoms with van der Waals surface area (Å²) < 4.78 is 27.0. The summed E-state index contributed by atoms with van der Waals surface area (Å²) in [7, 11) is 4.50. The van der Waals surface area contributed by atoms with Crippen LogP contribution in [0.2, 0.25) is 0 Å². The first kappa shape index (κ1) is 21.8. The van der Waals surface area contributed by atoms with Crippen molar-refractivity contribution in [1.29, 1.82) is 0 Å². The molecule has 0 bridgehead atoms. The maximum Gasteiger partial charge on any atom is 0.307 e. The highest BCUT2D eigenvalue weighted by Crippen LogP contribution is 2.40. The molecule has 4 rings (SSSR count). The van der Waals surface area contributed by atoms with E-state index in [4.69, 9.17) is 23.7 Å². The zero-order valence-corrected chi connectivity index (χ0v) is 18.5. The van der Waals surface area contributed by atoms with Crippen LogP contribution in [-0.4, -0.2) is 57.9 Å². The van der Waals surface area contributed by atoms with Crippen LogP contribution in [0, 0.1) is 0 Å². The molecular formula is C24H27NO7. The van der Waals surface area contributed by atoms with Gasteiger partial charge < -0.3 is 28.6 Å². The van der Waals surface area contributed by atoms with Crippen LogP contribution in [-0.2, 0) is 27.2 Å². The highest BCUT2D eigenvalue weighted by molar-refractivity contribution is 5.81. The van der Waals surface area contributed by atoms with Crippen LogP contribution in [0.3, 0.4) is 0 Å². The Morgan fingerprint density at radius 1 is 1.00 bits per heavy atom. The fourth-order valence-corrected chi connectivity index (χ4v) is 4.26. The van der Waals surface area contributed by atoms with Gasteiger partial charge in [-0.2, -0.15) is 0 Å². The second-order valence-corrected chi connectivity index (χ2v) is 7.69. The van der Waals surface area contributed by atoms with Crippen molar-refractivity contribution >= 4 is 11.9 Å². The summed E-state index contributed by atoms with van der Waals surface area (Å²) in [5.41, 5.74) is 2.73. The fourth-order valence-electron chi connectivity index (χ4n) is 4.26. The molecule has 1 atom stereocenters. The molecule has 2 aliphatic rings. The average molecular weight is 441 g/mol. The lowest BCUT2D eigenvalue weighted by atomic mass is 9.89. The summed E-state index contributed by atoms with van der Waals surface area (Å²) in [5.74, 6) is 2.06. The number of benzene rings is 2. The van der Waals surface area contributed by atoms with Gasteiger partial charge in [0.25, 0.3) is 0 Å². The van der Waals surface area contributed by atoms with Gasteiger partial charge in [0, 0.05) is 6.54 Å². The molecule has 2 aromatic rings. The van der Waals surface area contributed by atoms with E-state index in [9.17, 15) is 9.59 Å². The minimum atomic E-state index is -0.448. The van der Waals surface area contributed by atoms with Gasteiger partial charge in [-0.15, -0.1) is 0 Å². The standard InChI is InChI=1S/C24H27NO7/c1-28-20-12-16-6-7-25(18(14-24(27)30-3)17(16)13-21(20)29-2)23(26)11-15-4-5-19-22(10-15)32-9-8-31-19/h4-5,10,12-13,18H,6-9,11,14H2,1-3H3. The van der Waals surface area contributed by atoms with Gasteiger partial charge in [0.05, 0.1) is 40.2 Å². The molecule has 0 fully saturated rings. The van der Waals surface area contributed by atoms with Crippen LogP contribution in [0.15, 0.2) is 30.3 Å². The number of rotatable bonds is 6. The van der Waals surface area contributed by atoms with Crippen molar-refractivity contribution < 1.29 is 33.3 Å². The lowest BCUT2D eigenvalue weighted by Gasteiger charge is -2.37. The lowest BCUT2D eigenvalue weighted by molar-refractivity contribution is -0.144. The Morgan fingerprint density at radius 3 is 2.44 bits per heavy atom. The molecule has 0 spiro atoms. The van der Waals surface area contributed by atoms with E-state index in [1.54, 1.807) is 19.1 Å². The summed E-state index contributed by atoms with van der Waals surface area (Å²) in [6, 6.07) is 8.86. The van der Waals surface area contributed by atoms with Gasteiger partial charge in [0.2, 0.25) is 5.91 Å². The van der Waals surface area contributed by atoms with E-state index in [-0.39, 0.29) is 24.7 Å². The molecule has 0 radical (unpaired) electrons. The van der Waals surface area contributed by atoms with E-state index in [2.05, 4.69) is 0 Å². The quantitative estimate of drug-likeness (QED) is 0.638. The van der Waals surface area contributed by atoms with Crippen LogP contribution in [0.1, 0.15) is 29.2 Å². The molecule has 0 saturated carbocycles. The molecule has 170 valence electrons. The van der Waals surface area contributed by atoms with Crippen molar-refractivity contribution in [2.45, 2.75) is 25.3 Å². The lowest BCUT2D eigenvalue weighted by Crippen LogP contribution is -2.42. The largest absolute Gasteiger partial charge is 0.493 e. The molecule has 2 aromatic carbocycles. The maximum absolute atomic E-state index is 13.3. The Balaban J connectivity index is 1.62. The predicted molar refractivity (Wildman–Crippen MR) is 115 cm³/mol. The Kier molecular flexibility index (Phi) is 6.39. The van der Waals surface area contributed by atoms with E-state index < -0.39 is 6.04 Å². The normalized spacial score (nSPS) is 16.7. The second kappa shape index (κ2) is 9.38. The van der Waals surface area contributed by atoms with Crippen LogP contribution in [0.25, 0.3) is 0 Å². The molecule has 0 aliphatic carbocycles. The van der Waals surface area contributed by atoms with E-state index in [1.165, 1.54) is 7.11 Å². The Bertz CT molecular complexity index is 1020. The molecule has 2 heterocycles. The van der Waals surface area contributed by atoms with E-state index in [0.29, 0.717) is 49.2 Å². The summed E-state index contributed by atoms with van der Waals surface area (Å²) >= 11 is 0. The molecule has 2 aliphatic heterocycles. The number of amides is 1. The number of hydrogen-bond donors (Lipinski definition) is 0. The first-order valence-corrected chi connectivity index (χ1v) is 10.5. The summed E-state index contributed by atoms with van der Waals surface area (Å²) in [5, 5.41) is 0. The Morgan fingerprint density at radius 2 is 1.72 bits per heavy atom. The third-order valence-corrected chi connectivity index (χ3v) is 5.87. The van der Waals surface area contributed by atoms with Crippen molar-refractivity contribution in [3.8, 4) is 23.0 Å². The molecule has 0 saturated heterocycles. The SMILES string of the molecule is COC(=O)CC1c2cc(OC)c(OC)cc2CCN1C(=O)Cc1ccc2c(c1)OCCO2. The Labute approximate surface area is 187 Å². The van der Waals surface area contributed by atoms with Crippen LogP contribution in [0.5, 0.6) is 23.0 Å². The molecule has 0 aromatic heterocycles. The first-order valence-electron chi connectivity index (χ1n) is 10.5. The molecule has 32 heavy (non-hydrogen) atoms. The number of hydrogen-bond acceptors (Lipinski definition) is 7. The van der Waals surface area contributed by atoms with Gasteiger partial charge in [-0.3, -0.25) is 9.59 Å². The zero-order valence-electron chi connectivity index (χ0n) is 18.5. The van der Waals surface area contributed by atoms with Gasteiger partial charge in [-0.05, 0) is 47.4 Å². The van der Waals surface area contributed by atoms with E-state index in [0.717, 1.165) is 16.7 Å². The molecule has 1 unspecified atom stereocenters. The monoisotopic (exact) mass is 441 g/mol. The maximum atomic E-state index is 13.3. The number of carbonyl (C=O) groups is 2. The van der Waals surface area contributed by atoms with Crippen molar-refractivity contribution in [1.82, 2.24) is 4.90 Å². The minimum absolute atomic E-state index is 0.0614. The molecule has 8 nitrogen and oxygen atoms in total. The van der Waals surface area contributed by atoms with Crippen molar-refractivity contribution in [2.24, 2.45) is 0 Å². The van der Waals surface area contributed by atoms with Gasteiger partial charge >= 0.3 is 5.97 Å². The van der Waals surface area contributed by atoms with Crippen molar-refractivity contribution in [3.63, 3.8) is 0 Å². The van der Waals surface area contributed by atoms with Gasteiger partial charge in [0.1, 0.15) is 13.2 Å². The molecule has 8 heteroatoms. The zero-order chi connectivity index (χ0) is 22.7. The van der Waals surface area contributed by atoms with Gasteiger partial charge in [-0.25, -0.2) is 0 Å². The third-order valence-electron chi connectivity index (χ3n) is 5.87. The van der Waals surface area contributed by atoms with Gasteiger partial charge in [-0.1, -0.05) is 6.07 Å². The van der Waals surface area contributed by atoms with E-state index >= 15 is 0 Å². The number of ether oxygens (including phenoxy) is 5. The summed E-state index contributed by atoms with van der Waals surface area (Å²) in [6.45, 7) is 1.50. The van der Waals surface area contributed by atoms with Crippen LogP contribution < -0.4 is 18.9 Å². The Hall–Kier alpha value is -3.42. The summed E-state index contributed by atoms with van der Waals surface area (Å²) in [4.78, 5) is 27.3. The van der Waals surface area contributed by atoms with Crippen molar-refractivity contribution in [3.05, 3.63) is 47.0 Å². The van der Waals surface area contributed by atoms with Crippen molar-refractivity contribution in [2.75, 3.05) is 41.1 Å². The van der Waals surface area contributed by atoms with Crippen LogP contribution in [0.4, 0.5) is 0 Å². The second-order valence-electron chi connectivity index (χ2n) is 7.69. The molecule has 0 N–H and O–H groups in total. The topological polar surface area (TPSA) is 83.5 Å². The van der Waals surface area contributed by atoms with Gasteiger partial charge in [0.15, 0.2) is 23.0 Å². The smallest absolute Gasteiger partial charge is 0.307 e. The number of fused-ring (bicyclic) bond motifs is 2. The number of carbonyl (C=O) groups excluding carboxylic acids is 2. The highest BCUT2D eigenvalue weighted by Gasteiger charge is 2.34. The first-order chi connectivity index (χ1) is 15.5. The number of methoxy groups -OCH3 is 3. The molecular weight excluding hydrogens is 414 g/mol.